The van der Waals surface area contributed by atoms with Crippen molar-refractivity contribution in [3.8, 4) is 5.75 Å². The second-order valence-corrected chi connectivity index (χ2v) is 8.77. The fourth-order valence-corrected chi connectivity index (χ4v) is 4.94. The summed E-state index contributed by atoms with van der Waals surface area (Å²) >= 11 is 0. The van der Waals surface area contributed by atoms with Crippen LogP contribution in [0.5, 0.6) is 5.75 Å². The molecule has 3 aliphatic rings. The summed E-state index contributed by atoms with van der Waals surface area (Å²) in [6.45, 7) is 0.177. The van der Waals surface area contributed by atoms with Gasteiger partial charge in [-0.1, -0.05) is 24.3 Å². The van der Waals surface area contributed by atoms with Crippen LogP contribution in [-0.2, 0) is 16.2 Å². The topological polar surface area (TPSA) is 62.2 Å². The number of nitrogens with zero attached hydrogens (tertiary/aromatic N) is 3. The van der Waals surface area contributed by atoms with Crippen molar-refractivity contribution in [3.05, 3.63) is 71.6 Å². The average Bonchev–Trinajstić information content (AvgIpc) is 3.45. The molecule has 2 aromatic rings. The molecule has 0 aromatic heterocycles. The molecule has 5 rings (SSSR count). The van der Waals surface area contributed by atoms with Gasteiger partial charge < -0.3 is 9.64 Å². The number of amides is 2. The predicted molar refractivity (Wildman–Crippen MR) is 119 cm³/mol. The first kappa shape index (κ1) is 20.4. The zero-order valence-corrected chi connectivity index (χ0v) is 17.9. The van der Waals surface area contributed by atoms with Crippen LogP contribution in [0.2, 0.25) is 0 Å². The first-order valence-corrected chi connectivity index (χ1v) is 10.7. The largest absolute Gasteiger partial charge is 0.488 e. The number of ether oxygens (including phenoxy) is 1. The Bertz CT molecular complexity index is 1110. The van der Waals surface area contributed by atoms with Gasteiger partial charge in [-0.05, 0) is 48.1 Å². The second kappa shape index (κ2) is 7.89. The van der Waals surface area contributed by atoms with Crippen molar-refractivity contribution in [1.29, 1.82) is 0 Å². The van der Waals surface area contributed by atoms with Crippen molar-refractivity contribution in [2.45, 2.75) is 13.0 Å². The molecule has 1 saturated heterocycles. The molecule has 164 valence electrons. The standard InChI is InChI=1S/C25H24FN3O3/c1-28(2)20-9-8-18(21(12-20)32-14-15-4-3-5-19(26)10-15)13-27-29-24(30)22-16-6-7-17(11-16)23(22)25(29)31/h3-10,12-13,16-17,22-23H,11,14H2,1-2H3. The van der Waals surface area contributed by atoms with Crippen LogP contribution >= 0.6 is 0 Å². The zero-order valence-electron chi connectivity index (χ0n) is 17.9. The van der Waals surface area contributed by atoms with Crippen molar-refractivity contribution in [3.63, 3.8) is 0 Å². The Labute approximate surface area is 186 Å². The fraction of sp³-hybridized carbons (Fsp3) is 0.320. The molecule has 2 aliphatic carbocycles. The summed E-state index contributed by atoms with van der Waals surface area (Å²) in [7, 11) is 3.84. The number of carbonyl (C=O) groups excluding carboxylic acids is 2. The van der Waals surface area contributed by atoms with Crippen LogP contribution in [0.3, 0.4) is 0 Å². The number of rotatable bonds is 6. The number of hydrogen-bond donors (Lipinski definition) is 0. The lowest BCUT2D eigenvalue weighted by molar-refractivity contribution is -0.140. The molecule has 6 nitrogen and oxygen atoms in total. The molecule has 2 amide bonds. The van der Waals surface area contributed by atoms with Crippen molar-refractivity contribution in [2.75, 3.05) is 19.0 Å². The highest BCUT2D eigenvalue weighted by molar-refractivity contribution is 6.07. The van der Waals surface area contributed by atoms with Crippen LogP contribution in [0.15, 0.2) is 59.7 Å². The van der Waals surface area contributed by atoms with Gasteiger partial charge in [-0.15, -0.1) is 0 Å². The maximum Gasteiger partial charge on any atom is 0.254 e. The molecule has 0 N–H and O–H groups in total. The summed E-state index contributed by atoms with van der Waals surface area (Å²) in [6.07, 6.45) is 6.49. The number of fused-ring (bicyclic) bond motifs is 5. The van der Waals surface area contributed by atoms with Gasteiger partial charge in [0.25, 0.3) is 11.8 Å². The number of hydrazone groups is 1. The third-order valence-corrected chi connectivity index (χ3v) is 6.56. The highest BCUT2D eigenvalue weighted by Gasteiger charge is 2.59. The Morgan fingerprint density at radius 2 is 1.81 bits per heavy atom. The number of anilines is 1. The Kier molecular flexibility index (Phi) is 5.04. The van der Waals surface area contributed by atoms with Gasteiger partial charge in [-0.3, -0.25) is 9.59 Å². The number of allylic oxidation sites excluding steroid dienone is 2. The Morgan fingerprint density at radius 3 is 2.47 bits per heavy atom. The molecule has 2 aromatic carbocycles. The molecular formula is C25H24FN3O3. The van der Waals surface area contributed by atoms with E-state index in [1.165, 1.54) is 18.3 Å². The van der Waals surface area contributed by atoms with Gasteiger partial charge in [0.1, 0.15) is 18.2 Å². The quantitative estimate of drug-likeness (QED) is 0.397. The van der Waals surface area contributed by atoms with E-state index < -0.39 is 0 Å². The zero-order chi connectivity index (χ0) is 22.4. The van der Waals surface area contributed by atoms with E-state index in [9.17, 15) is 14.0 Å². The molecular weight excluding hydrogens is 409 g/mol. The normalized spacial score (nSPS) is 25.8. The van der Waals surface area contributed by atoms with Crippen molar-refractivity contribution >= 4 is 23.7 Å². The lowest BCUT2D eigenvalue weighted by Gasteiger charge is -2.16. The summed E-state index contributed by atoms with van der Waals surface area (Å²) in [4.78, 5) is 27.7. The Hall–Kier alpha value is -3.48. The SMILES string of the molecule is CN(C)c1ccc(C=NN2C(=O)C3C4C=CC(C4)C3C2=O)c(OCc2cccc(F)c2)c1. The van der Waals surface area contributed by atoms with E-state index in [4.69, 9.17) is 4.74 Å². The first-order chi connectivity index (χ1) is 15.4. The highest BCUT2D eigenvalue weighted by Crippen LogP contribution is 2.52. The van der Waals surface area contributed by atoms with E-state index in [0.717, 1.165) is 17.1 Å². The van der Waals surface area contributed by atoms with Crippen LogP contribution in [0.4, 0.5) is 10.1 Å². The fourth-order valence-electron chi connectivity index (χ4n) is 4.94. The van der Waals surface area contributed by atoms with Gasteiger partial charge in [0.2, 0.25) is 0 Å². The van der Waals surface area contributed by atoms with Gasteiger partial charge in [0, 0.05) is 31.4 Å². The molecule has 2 fully saturated rings. The number of carbonyl (C=O) groups is 2. The highest BCUT2D eigenvalue weighted by atomic mass is 19.1. The van der Waals surface area contributed by atoms with Crippen LogP contribution in [-0.4, -0.2) is 37.1 Å². The minimum absolute atomic E-state index is 0.145. The molecule has 4 atom stereocenters. The van der Waals surface area contributed by atoms with Crippen molar-refractivity contribution in [1.82, 2.24) is 5.01 Å². The summed E-state index contributed by atoms with van der Waals surface area (Å²) in [5.41, 5.74) is 2.25. The smallest absolute Gasteiger partial charge is 0.254 e. The lowest BCUT2D eigenvalue weighted by atomic mass is 9.85. The van der Waals surface area contributed by atoms with Crippen LogP contribution in [0, 0.1) is 29.5 Å². The number of hydrogen-bond acceptors (Lipinski definition) is 5. The van der Waals surface area contributed by atoms with E-state index in [-0.39, 0.29) is 47.9 Å². The predicted octanol–water partition coefficient (Wildman–Crippen LogP) is 3.61. The van der Waals surface area contributed by atoms with Crippen LogP contribution in [0.1, 0.15) is 17.5 Å². The van der Waals surface area contributed by atoms with E-state index >= 15 is 0 Å². The second-order valence-electron chi connectivity index (χ2n) is 8.77. The summed E-state index contributed by atoms with van der Waals surface area (Å²) in [6, 6.07) is 11.8. The Balaban J connectivity index is 1.38. The summed E-state index contributed by atoms with van der Waals surface area (Å²) in [5.74, 6) is -0.512. The molecule has 1 aliphatic heterocycles. The number of halogens is 1. The molecule has 4 unspecified atom stereocenters. The van der Waals surface area contributed by atoms with Gasteiger partial charge in [0.15, 0.2) is 0 Å². The summed E-state index contributed by atoms with van der Waals surface area (Å²) < 4.78 is 19.5. The lowest BCUT2D eigenvalue weighted by Crippen LogP contribution is -2.28. The van der Waals surface area contributed by atoms with Crippen molar-refractivity contribution in [2.24, 2.45) is 28.8 Å². The Morgan fingerprint density at radius 1 is 1.09 bits per heavy atom. The van der Waals surface area contributed by atoms with E-state index in [0.29, 0.717) is 16.9 Å². The van der Waals surface area contributed by atoms with E-state index in [1.807, 2.05) is 37.2 Å². The maximum atomic E-state index is 13.5. The van der Waals surface area contributed by atoms with Gasteiger partial charge in [0.05, 0.1) is 18.1 Å². The van der Waals surface area contributed by atoms with Crippen molar-refractivity contribution < 1.29 is 18.7 Å². The van der Waals surface area contributed by atoms with Gasteiger partial charge in [-0.2, -0.15) is 10.1 Å². The van der Waals surface area contributed by atoms with E-state index in [1.54, 1.807) is 12.1 Å². The minimum atomic E-state index is -0.324. The average molecular weight is 433 g/mol. The van der Waals surface area contributed by atoms with Gasteiger partial charge >= 0.3 is 0 Å². The molecule has 32 heavy (non-hydrogen) atoms. The molecule has 7 heteroatoms. The minimum Gasteiger partial charge on any atom is -0.488 e. The third kappa shape index (κ3) is 3.47. The van der Waals surface area contributed by atoms with Crippen LogP contribution in [0.25, 0.3) is 0 Å². The number of imide groups is 1. The molecule has 2 bridgehead atoms. The van der Waals surface area contributed by atoms with E-state index in [2.05, 4.69) is 17.3 Å². The van der Waals surface area contributed by atoms with Crippen LogP contribution < -0.4 is 9.64 Å². The first-order valence-electron chi connectivity index (χ1n) is 10.7. The monoisotopic (exact) mass is 433 g/mol. The van der Waals surface area contributed by atoms with Gasteiger partial charge in [-0.25, -0.2) is 4.39 Å². The maximum absolute atomic E-state index is 13.5. The molecule has 1 saturated carbocycles. The number of benzene rings is 2. The molecule has 0 spiro atoms. The summed E-state index contributed by atoms with van der Waals surface area (Å²) in [5, 5.41) is 5.29. The third-order valence-electron chi connectivity index (χ3n) is 6.56. The molecule has 1 heterocycles. The molecule has 0 radical (unpaired) electrons.